The van der Waals surface area contributed by atoms with Gasteiger partial charge in [-0.2, -0.15) is 0 Å². The SMILES string of the molecule is CCOC(=O)/C(=C\c1ccc([N+](=O)[O-])cc1)C(=O)c1cc(C(C)=O)c(Nc2ccccc2)s1. The van der Waals surface area contributed by atoms with Crippen molar-refractivity contribution in [3.8, 4) is 0 Å². The van der Waals surface area contributed by atoms with E-state index in [2.05, 4.69) is 5.32 Å². The monoisotopic (exact) mass is 464 g/mol. The van der Waals surface area contributed by atoms with Gasteiger partial charge >= 0.3 is 5.97 Å². The standard InChI is InChI=1S/C24H20N2O6S/c1-3-32-24(29)20(13-16-9-11-18(12-10-16)26(30)31)22(28)21-14-19(15(2)27)23(33-21)25-17-7-5-4-6-8-17/h4-14,25H,3H2,1-2H3/b20-13-. The number of Topliss-reactive ketones (excluding diaryl/α,β-unsaturated/α-hetero) is 2. The van der Waals surface area contributed by atoms with E-state index < -0.39 is 16.7 Å². The summed E-state index contributed by atoms with van der Waals surface area (Å²) in [7, 11) is 0. The summed E-state index contributed by atoms with van der Waals surface area (Å²) in [4.78, 5) is 48.5. The Morgan fingerprint density at radius 2 is 1.76 bits per heavy atom. The van der Waals surface area contributed by atoms with Gasteiger partial charge in [-0.15, -0.1) is 11.3 Å². The Morgan fingerprint density at radius 3 is 2.33 bits per heavy atom. The molecule has 0 spiro atoms. The highest BCUT2D eigenvalue weighted by molar-refractivity contribution is 7.18. The smallest absolute Gasteiger partial charge is 0.342 e. The number of para-hydroxylation sites is 1. The third-order valence-corrected chi connectivity index (χ3v) is 5.57. The number of benzene rings is 2. The highest BCUT2D eigenvalue weighted by Crippen LogP contribution is 2.33. The van der Waals surface area contributed by atoms with Crippen LogP contribution in [-0.4, -0.2) is 29.1 Å². The molecule has 0 aliphatic rings. The quantitative estimate of drug-likeness (QED) is 0.0853. The molecular weight excluding hydrogens is 444 g/mol. The minimum atomic E-state index is -0.823. The van der Waals surface area contributed by atoms with Crippen LogP contribution in [0.5, 0.6) is 0 Å². The van der Waals surface area contributed by atoms with Gasteiger partial charge in [0.15, 0.2) is 5.78 Å². The van der Waals surface area contributed by atoms with Gasteiger partial charge < -0.3 is 10.1 Å². The largest absolute Gasteiger partial charge is 0.462 e. The van der Waals surface area contributed by atoms with Crippen molar-refractivity contribution in [3.63, 3.8) is 0 Å². The normalized spacial score (nSPS) is 11.0. The van der Waals surface area contributed by atoms with Crippen LogP contribution >= 0.6 is 11.3 Å². The van der Waals surface area contributed by atoms with Gasteiger partial charge in [-0.25, -0.2) is 4.79 Å². The van der Waals surface area contributed by atoms with E-state index in [1.54, 1.807) is 6.92 Å². The minimum Gasteiger partial charge on any atom is -0.462 e. The average Bonchev–Trinajstić information content (AvgIpc) is 3.22. The number of nitrogens with one attached hydrogen (secondary N) is 1. The number of anilines is 2. The molecule has 0 fully saturated rings. The zero-order valence-electron chi connectivity index (χ0n) is 17.9. The Balaban J connectivity index is 2.00. The lowest BCUT2D eigenvalue weighted by atomic mass is 10.0. The van der Waals surface area contributed by atoms with Crippen molar-refractivity contribution in [1.29, 1.82) is 0 Å². The van der Waals surface area contributed by atoms with Crippen LogP contribution in [0, 0.1) is 10.1 Å². The molecule has 33 heavy (non-hydrogen) atoms. The third kappa shape index (κ3) is 5.78. The first-order chi connectivity index (χ1) is 15.8. The number of hydrogen-bond acceptors (Lipinski definition) is 8. The lowest BCUT2D eigenvalue weighted by Gasteiger charge is -2.06. The summed E-state index contributed by atoms with van der Waals surface area (Å²) in [5.41, 5.74) is 1.13. The fraction of sp³-hybridized carbons (Fsp3) is 0.125. The van der Waals surface area contributed by atoms with Crippen molar-refractivity contribution >= 4 is 51.3 Å². The van der Waals surface area contributed by atoms with E-state index in [-0.39, 0.29) is 28.5 Å². The topological polar surface area (TPSA) is 116 Å². The second-order valence-corrected chi connectivity index (χ2v) is 7.91. The fourth-order valence-corrected chi connectivity index (χ4v) is 4.01. The lowest BCUT2D eigenvalue weighted by Crippen LogP contribution is -2.15. The van der Waals surface area contributed by atoms with E-state index in [0.717, 1.165) is 17.0 Å². The molecule has 0 bridgehead atoms. The van der Waals surface area contributed by atoms with Crippen LogP contribution in [0.15, 0.2) is 66.2 Å². The van der Waals surface area contributed by atoms with Gasteiger partial charge in [0, 0.05) is 17.8 Å². The maximum Gasteiger partial charge on any atom is 0.342 e. The fourth-order valence-electron chi connectivity index (χ4n) is 2.93. The van der Waals surface area contributed by atoms with Gasteiger partial charge in [0.1, 0.15) is 10.6 Å². The van der Waals surface area contributed by atoms with Crippen molar-refractivity contribution < 1.29 is 24.0 Å². The molecule has 0 saturated carbocycles. The zero-order valence-corrected chi connectivity index (χ0v) is 18.7. The Labute approximate surface area is 193 Å². The molecule has 1 heterocycles. The Bertz CT molecular complexity index is 1230. The number of nitro benzene ring substituents is 1. The molecule has 1 aromatic heterocycles. The summed E-state index contributed by atoms with van der Waals surface area (Å²) >= 11 is 1.05. The Morgan fingerprint density at radius 1 is 1.09 bits per heavy atom. The van der Waals surface area contributed by atoms with E-state index in [1.807, 2.05) is 30.3 Å². The number of non-ortho nitro benzene ring substituents is 1. The first-order valence-electron chi connectivity index (χ1n) is 9.95. The Kier molecular flexibility index (Phi) is 7.47. The molecule has 0 saturated heterocycles. The van der Waals surface area contributed by atoms with E-state index in [0.29, 0.717) is 16.1 Å². The van der Waals surface area contributed by atoms with Gasteiger partial charge in [-0.3, -0.25) is 19.7 Å². The van der Waals surface area contributed by atoms with Gasteiger partial charge in [-0.1, -0.05) is 18.2 Å². The predicted molar refractivity (Wildman–Crippen MR) is 126 cm³/mol. The molecule has 3 rings (SSSR count). The average molecular weight is 464 g/mol. The van der Waals surface area contributed by atoms with Crippen molar-refractivity contribution in [2.45, 2.75) is 13.8 Å². The molecule has 0 radical (unpaired) electrons. The van der Waals surface area contributed by atoms with Crippen LogP contribution < -0.4 is 5.32 Å². The maximum absolute atomic E-state index is 13.3. The summed E-state index contributed by atoms with van der Waals surface area (Å²) in [5, 5.41) is 14.5. The highest BCUT2D eigenvalue weighted by atomic mass is 32.1. The highest BCUT2D eigenvalue weighted by Gasteiger charge is 2.25. The first kappa shape index (κ1) is 23.6. The molecule has 2 aromatic carbocycles. The van der Waals surface area contributed by atoms with Gasteiger partial charge in [-0.05, 0) is 55.8 Å². The molecule has 0 aliphatic carbocycles. The van der Waals surface area contributed by atoms with Gasteiger partial charge in [0.2, 0.25) is 5.78 Å². The number of hydrogen-bond donors (Lipinski definition) is 1. The predicted octanol–water partition coefficient (Wildman–Crippen LogP) is 5.43. The summed E-state index contributed by atoms with van der Waals surface area (Å²) in [6, 6.07) is 16.0. The maximum atomic E-state index is 13.3. The summed E-state index contributed by atoms with van der Waals surface area (Å²) in [5.74, 6) is -1.67. The first-order valence-corrected chi connectivity index (χ1v) is 10.8. The lowest BCUT2D eigenvalue weighted by molar-refractivity contribution is -0.384. The molecule has 0 atom stereocenters. The van der Waals surface area contributed by atoms with Crippen molar-refractivity contribution in [3.05, 3.63) is 92.4 Å². The zero-order chi connectivity index (χ0) is 24.0. The number of thiophene rings is 1. The molecule has 0 unspecified atom stereocenters. The summed E-state index contributed by atoms with van der Waals surface area (Å²) < 4.78 is 5.05. The number of rotatable bonds is 9. The van der Waals surface area contributed by atoms with Crippen molar-refractivity contribution in [2.75, 3.05) is 11.9 Å². The number of nitrogens with zero attached hydrogens (tertiary/aromatic N) is 1. The van der Waals surface area contributed by atoms with Crippen LogP contribution in [0.2, 0.25) is 0 Å². The molecule has 8 nitrogen and oxygen atoms in total. The van der Waals surface area contributed by atoms with E-state index in [4.69, 9.17) is 4.74 Å². The molecule has 0 amide bonds. The van der Waals surface area contributed by atoms with Gasteiger partial charge in [0.05, 0.1) is 22.0 Å². The van der Waals surface area contributed by atoms with Gasteiger partial charge in [0.25, 0.3) is 5.69 Å². The molecule has 168 valence electrons. The van der Waals surface area contributed by atoms with Crippen molar-refractivity contribution in [1.82, 2.24) is 0 Å². The summed E-state index contributed by atoms with van der Waals surface area (Å²) in [6.45, 7) is 3.08. The number of carbonyl (C=O) groups excluding carboxylic acids is 3. The van der Waals surface area contributed by atoms with Crippen molar-refractivity contribution in [2.24, 2.45) is 0 Å². The molecule has 0 aliphatic heterocycles. The summed E-state index contributed by atoms with van der Waals surface area (Å²) in [6.07, 6.45) is 1.32. The van der Waals surface area contributed by atoms with E-state index >= 15 is 0 Å². The number of ether oxygens (including phenoxy) is 1. The van der Waals surface area contributed by atoms with Crippen LogP contribution in [0.1, 0.15) is 39.4 Å². The number of esters is 1. The van der Waals surface area contributed by atoms with Crippen LogP contribution in [0.4, 0.5) is 16.4 Å². The van der Waals surface area contributed by atoms with Crippen LogP contribution in [0.3, 0.4) is 0 Å². The number of ketones is 2. The molecule has 3 aromatic rings. The number of carbonyl (C=O) groups is 3. The molecule has 1 N–H and O–H groups in total. The van der Waals surface area contributed by atoms with E-state index in [9.17, 15) is 24.5 Å². The van der Waals surface area contributed by atoms with Crippen LogP contribution in [-0.2, 0) is 9.53 Å². The van der Waals surface area contributed by atoms with Crippen LogP contribution in [0.25, 0.3) is 6.08 Å². The number of nitro groups is 1. The minimum absolute atomic E-state index is 0.0632. The molecule has 9 heteroatoms. The van der Waals surface area contributed by atoms with E-state index in [1.165, 1.54) is 43.3 Å². The Hall–Kier alpha value is -4.11. The molecular formula is C24H20N2O6S. The third-order valence-electron chi connectivity index (χ3n) is 4.52. The second-order valence-electron chi connectivity index (χ2n) is 6.86. The second kappa shape index (κ2) is 10.5.